The summed E-state index contributed by atoms with van der Waals surface area (Å²) in [6.45, 7) is 6.76. The molecule has 0 fully saturated rings. The average Bonchev–Trinajstić information content (AvgIpc) is 2.92. The van der Waals surface area contributed by atoms with Gasteiger partial charge >= 0.3 is 6.09 Å². The second kappa shape index (κ2) is 14.8. The van der Waals surface area contributed by atoms with Gasteiger partial charge in [0.15, 0.2) is 11.9 Å². The predicted molar refractivity (Wildman–Crippen MR) is 148 cm³/mol. The standard InChI is InChI=1S/C29H40N2O10/c1-14-11-18-23(33)21(24(34)25(35)27(18)40-7)31-28(36)15(2)9-8-10-19(38-5)26(41-29(30)37)17(4)13-16(3)22(32)20(12-14)39-6/h8-10,13-14,16,19-20,22,26,32-33H,11-12H2,1-7H3,(H2,30,37)(H,31,36)/b10-8+,15-9+,17-13+/t14-,16+,19+,20-,22+,26+/m0/s1. The minimum atomic E-state index is -1.12. The Morgan fingerprint density at radius 3 is 2.29 bits per heavy atom. The largest absolute Gasteiger partial charge is 0.505 e. The van der Waals surface area contributed by atoms with Gasteiger partial charge < -0.3 is 40.2 Å². The Bertz CT molecular complexity index is 1200. The zero-order valence-corrected chi connectivity index (χ0v) is 24.4. The van der Waals surface area contributed by atoms with E-state index in [1.165, 1.54) is 46.5 Å². The van der Waals surface area contributed by atoms with E-state index in [2.05, 4.69) is 5.32 Å². The van der Waals surface area contributed by atoms with Crippen LogP contribution in [0, 0.1) is 11.8 Å². The lowest BCUT2D eigenvalue weighted by molar-refractivity contribution is -0.135. The van der Waals surface area contributed by atoms with Crippen molar-refractivity contribution >= 4 is 23.6 Å². The average molecular weight is 577 g/mol. The van der Waals surface area contributed by atoms with E-state index < -0.39 is 65.4 Å². The van der Waals surface area contributed by atoms with Crippen LogP contribution in [-0.2, 0) is 33.3 Å². The highest BCUT2D eigenvalue weighted by Crippen LogP contribution is 2.32. The molecule has 0 spiro atoms. The van der Waals surface area contributed by atoms with Crippen LogP contribution in [0.5, 0.6) is 0 Å². The SMILES string of the molecule is COC1=C2C[C@H](C)C[C@H](OC)[C@H](O)[C@H](C)/C=C(\C)[C@@H](OC(N)=O)[C@H](OC)/C=C/C=C(\C)C(=O)NC(=C2O)C(=O)C1=O. The molecule has 41 heavy (non-hydrogen) atoms. The summed E-state index contributed by atoms with van der Waals surface area (Å²) in [4.78, 5) is 50.2. The van der Waals surface area contributed by atoms with E-state index in [0.717, 1.165) is 0 Å². The zero-order valence-electron chi connectivity index (χ0n) is 24.4. The Kier molecular flexibility index (Phi) is 12.1. The van der Waals surface area contributed by atoms with Gasteiger partial charge in [-0.1, -0.05) is 38.2 Å². The molecule has 12 heteroatoms. The summed E-state index contributed by atoms with van der Waals surface area (Å²) in [6, 6.07) is 0. The predicted octanol–water partition coefficient (Wildman–Crippen LogP) is 2.29. The van der Waals surface area contributed by atoms with Crippen molar-refractivity contribution in [3.63, 3.8) is 0 Å². The van der Waals surface area contributed by atoms with Gasteiger partial charge in [0.1, 0.15) is 17.6 Å². The van der Waals surface area contributed by atoms with Crippen molar-refractivity contribution in [1.82, 2.24) is 5.32 Å². The van der Waals surface area contributed by atoms with Crippen LogP contribution in [0.25, 0.3) is 0 Å². The number of allylic oxidation sites excluding steroid dienone is 5. The van der Waals surface area contributed by atoms with Crippen LogP contribution in [0.4, 0.5) is 4.79 Å². The lowest BCUT2D eigenvalue weighted by Crippen LogP contribution is -2.38. The number of rotatable bonds is 4. The van der Waals surface area contributed by atoms with Crippen LogP contribution in [0.2, 0.25) is 0 Å². The third-order valence-electron chi connectivity index (χ3n) is 7.08. The second-order valence-corrected chi connectivity index (χ2v) is 10.2. The van der Waals surface area contributed by atoms with Gasteiger partial charge in [-0.25, -0.2) is 4.79 Å². The smallest absolute Gasteiger partial charge is 0.405 e. The lowest BCUT2D eigenvalue weighted by Gasteiger charge is -2.30. The summed E-state index contributed by atoms with van der Waals surface area (Å²) in [5.74, 6) is -4.51. The Morgan fingerprint density at radius 1 is 1.07 bits per heavy atom. The number of amides is 2. The molecule has 0 unspecified atom stereocenters. The molecule has 0 saturated heterocycles. The fourth-order valence-corrected chi connectivity index (χ4v) is 4.84. The van der Waals surface area contributed by atoms with Crippen molar-refractivity contribution in [1.29, 1.82) is 0 Å². The second-order valence-electron chi connectivity index (χ2n) is 10.2. The van der Waals surface area contributed by atoms with Crippen LogP contribution in [0.15, 0.2) is 58.2 Å². The maximum atomic E-state index is 12.9. The van der Waals surface area contributed by atoms with Crippen LogP contribution in [0.1, 0.15) is 40.5 Å². The van der Waals surface area contributed by atoms with Gasteiger partial charge in [-0.05, 0) is 38.2 Å². The van der Waals surface area contributed by atoms with Gasteiger partial charge in [0.25, 0.3) is 17.5 Å². The molecule has 0 aromatic rings. The van der Waals surface area contributed by atoms with Crippen LogP contribution in [-0.4, -0.2) is 79.5 Å². The maximum Gasteiger partial charge on any atom is 0.405 e. The number of nitrogens with two attached hydrogens (primary N) is 1. The van der Waals surface area contributed by atoms with E-state index in [4.69, 9.17) is 24.7 Å². The number of ether oxygens (including phenoxy) is 4. The molecule has 1 heterocycles. The molecule has 1 aliphatic heterocycles. The van der Waals surface area contributed by atoms with Gasteiger partial charge in [0.2, 0.25) is 0 Å². The highest BCUT2D eigenvalue weighted by molar-refractivity contribution is 6.50. The van der Waals surface area contributed by atoms with Crippen molar-refractivity contribution in [2.45, 2.75) is 65.0 Å². The number of carbonyl (C=O) groups is 4. The number of hydrogen-bond acceptors (Lipinski definition) is 10. The molecule has 226 valence electrons. The summed E-state index contributed by atoms with van der Waals surface area (Å²) in [5, 5.41) is 24.5. The minimum absolute atomic E-state index is 0.0573. The molecule has 1 aliphatic carbocycles. The Morgan fingerprint density at radius 2 is 1.73 bits per heavy atom. The monoisotopic (exact) mass is 576 g/mol. The Balaban J connectivity index is 2.67. The van der Waals surface area contributed by atoms with Gasteiger partial charge in [0, 0.05) is 31.3 Å². The number of aliphatic hydroxyl groups is 2. The van der Waals surface area contributed by atoms with E-state index in [-0.39, 0.29) is 29.2 Å². The molecule has 0 saturated carbocycles. The van der Waals surface area contributed by atoms with E-state index in [1.807, 2.05) is 6.92 Å². The number of aliphatic hydroxyl groups excluding tert-OH is 2. The molecule has 2 bridgehead atoms. The third kappa shape index (κ3) is 8.15. The van der Waals surface area contributed by atoms with Gasteiger partial charge in [-0.15, -0.1) is 0 Å². The van der Waals surface area contributed by atoms with E-state index in [0.29, 0.717) is 12.0 Å². The Hall–Kier alpha value is -3.74. The number of nitrogens with one attached hydrogen (secondary N) is 1. The first-order chi connectivity index (χ1) is 19.3. The molecule has 0 aromatic heterocycles. The number of fused-ring (bicyclic) bond motifs is 1. The quantitative estimate of drug-likeness (QED) is 0.220. The maximum absolute atomic E-state index is 12.9. The van der Waals surface area contributed by atoms with E-state index in [9.17, 15) is 29.4 Å². The van der Waals surface area contributed by atoms with Crippen molar-refractivity contribution in [3.8, 4) is 0 Å². The summed E-state index contributed by atoms with van der Waals surface area (Å²) in [7, 11) is 4.07. The third-order valence-corrected chi connectivity index (χ3v) is 7.08. The zero-order chi connectivity index (χ0) is 31.0. The lowest BCUT2D eigenvalue weighted by atomic mass is 9.85. The number of methoxy groups -OCH3 is 3. The highest BCUT2D eigenvalue weighted by Gasteiger charge is 2.38. The fraction of sp³-hybridized carbons (Fsp3) is 0.517. The number of Topliss-reactive ketones (excluding diaryl/α,β-unsaturated/α-hetero) is 2. The number of primary amides is 1. The van der Waals surface area contributed by atoms with Crippen LogP contribution < -0.4 is 11.1 Å². The van der Waals surface area contributed by atoms with Crippen LogP contribution >= 0.6 is 0 Å². The molecule has 0 aromatic carbocycles. The summed E-state index contributed by atoms with van der Waals surface area (Å²) in [5.41, 5.74) is 5.50. The molecule has 2 rings (SSSR count). The molecule has 2 aliphatic rings. The van der Waals surface area contributed by atoms with Gasteiger partial charge in [0.05, 0.1) is 19.3 Å². The topological polar surface area (TPSA) is 184 Å². The Labute approximate surface area is 239 Å². The molecular weight excluding hydrogens is 536 g/mol. The summed E-state index contributed by atoms with van der Waals surface area (Å²) < 4.78 is 21.6. The van der Waals surface area contributed by atoms with E-state index in [1.54, 1.807) is 19.9 Å². The van der Waals surface area contributed by atoms with Crippen LogP contribution in [0.3, 0.4) is 0 Å². The fourth-order valence-electron chi connectivity index (χ4n) is 4.84. The van der Waals surface area contributed by atoms with E-state index >= 15 is 0 Å². The van der Waals surface area contributed by atoms with Crippen molar-refractivity contribution in [2.24, 2.45) is 17.6 Å². The van der Waals surface area contributed by atoms with Gasteiger partial charge in [-0.3, -0.25) is 14.4 Å². The normalized spacial score (nSPS) is 32.4. The number of carbonyl (C=O) groups excluding carboxylic acids is 4. The van der Waals surface area contributed by atoms with Crippen molar-refractivity contribution < 1.29 is 48.3 Å². The highest BCUT2D eigenvalue weighted by atomic mass is 16.6. The summed E-state index contributed by atoms with van der Waals surface area (Å²) in [6.07, 6.45) is 2.06. The first kappa shape index (κ1) is 33.5. The van der Waals surface area contributed by atoms with Crippen molar-refractivity contribution in [2.75, 3.05) is 21.3 Å². The summed E-state index contributed by atoms with van der Waals surface area (Å²) >= 11 is 0. The number of ketones is 2. The molecule has 6 atom stereocenters. The molecule has 12 nitrogen and oxygen atoms in total. The number of hydrogen-bond donors (Lipinski definition) is 4. The molecule has 2 amide bonds. The molecule has 5 N–H and O–H groups in total. The minimum Gasteiger partial charge on any atom is -0.505 e. The van der Waals surface area contributed by atoms with Crippen molar-refractivity contribution in [3.05, 3.63) is 58.2 Å². The first-order valence-corrected chi connectivity index (χ1v) is 13.1. The molecular formula is C29H40N2O10. The molecule has 0 radical (unpaired) electrons. The first-order valence-electron chi connectivity index (χ1n) is 13.1. The van der Waals surface area contributed by atoms with Gasteiger partial charge in [-0.2, -0.15) is 0 Å².